The Hall–Kier alpha value is 0.200. The summed E-state index contributed by atoms with van der Waals surface area (Å²) in [7, 11) is 0. The molecule has 0 radical (unpaired) electrons. The summed E-state index contributed by atoms with van der Waals surface area (Å²) in [6, 6.07) is 0. The van der Waals surface area contributed by atoms with E-state index >= 15 is 0 Å². The molecular formula is C8H15IO2. The third-order valence-electron chi connectivity index (χ3n) is 1.32. The third kappa shape index (κ3) is 6.59. The van der Waals surface area contributed by atoms with Gasteiger partial charge in [-0.1, -0.05) is 42.4 Å². The van der Waals surface area contributed by atoms with Gasteiger partial charge in [0.1, 0.15) is 3.92 Å². The van der Waals surface area contributed by atoms with Crippen molar-refractivity contribution in [2.24, 2.45) is 0 Å². The fourth-order valence-electron chi connectivity index (χ4n) is 0.640. The summed E-state index contributed by atoms with van der Waals surface area (Å²) in [6.45, 7) is 4.55. The van der Waals surface area contributed by atoms with E-state index in [-0.39, 0.29) is 9.89 Å². The zero-order chi connectivity index (χ0) is 8.69. The highest BCUT2D eigenvalue weighted by Gasteiger charge is 2.08. The lowest BCUT2D eigenvalue weighted by Crippen LogP contribution is -2.14. The van der Waals surface area contributed by atoms with Gasteiger partial charge in [0.05, 0.1) is 6.61 Å². The molecule has 0 aliphatic rings. The summed E-state index contributed by atoms with van der Waals surface area (Å²) in [6.07, 6.45) is 3.30. The van der Waals surface area contributed by atoms with Crippen LogP contribution in [0, 0.1) is 0 Å². The molecule has 2 nitrogen and oxygen atoms in total. The summed E-state index contributed by atoms with van der Waals surface area (Å²) in [5, 5.41) is 0. The van der Waals surface area contributed by atoms with E-state index in [1.165, 1.54) is 0 Å². The van der Waals surface area contributed by atoms with Crippen LogP contribution in [0.5, 0.6) is 0 Å². The first-order valence-electron chi connectivity index (χ1n) is 3.99. The predicted octanol–water partition coefficient (Wildman–Crippen LogP) is 2.54. The van der Waals surface area contributed by atoms with Crippen LogP contribution in [0.1, 0.15) is 33.1 Å². The van der Waals surface area contributed by atoms with Crippen molar-refractivity contribution in [1.29, 1.82) is 0 Å². The molecule has 3 heteroatoms. The first-order chi connectivity index (χ1) is 5.18. The largest absolute Gasteiger partial charge is 0.465 e. The number of rotatable bonds is 5. The van der Waals surface area contributed by atoms with Crippen LogP contribution in [0.15, 0.2) is 0 Å². The lowest BCUT2D eigenvalue weighted by atomic mass is 10.3. The van der Waals surface area contributed by atoms with Gasteiger partial charge >= 0.3 is 5.97 Å². The van der Waals surface area contributed by atoms with Gasteiger partial charge in [0.25, 0.3) is 0 Å². The van der Waals surface area contributed by atoms with E-state index in [4.69, 9.17) is 4.74 Å². The molecule has 0 fully saturated rings. The van der Waals surface area contributed by atoms with Gasteiger partial charge in [-0.05, 0) is 13.3 Å². The number of ether oxygens (including phenoxy) is 1. The van der Waals surface area contributed by atoms with E-state index in [9.17, 15) is 4.79 Å². The van der Waals surface area contributed by atoms with Crippen LogP contribution in [0.3, 0.4) is 0 Å². The van der Waals surface area contributed by atoms with Crippen LogP contribution < -0.4 is 0 Å². The van der Waals surface area contributed by atoms with Crippen molar-refractivity contribution in [2.45, 2.75) is 37.0 Å². The van der Waals surface area contributed by atoms with Crippen molar-refractivity contribution < 1.29 is 9.53 Å². The first kappa shape index (κ1) is 11.2. The molecule has 1 atom stereocenters. The molecule has 0 saturated carbocycles. The van der Waals surface area contributed by atoms with Gasteiger partial charge < -0.3 is 4.74 Å². The minimum Gasteiger partial charge on any atom is -0.465 e. The van der Waals surface area contributed by atoms with E-state index in [1.807, 2.05) is 6.92 Å². The molecule has 11 heavy (non-hydrogen) atoms. The molecule has 0 bridgehead atoms. The summed E-state index contributed by atoms with van der Waals surface area (Å²) < 4.78 is 4.94. The van der Waals surface area contributed by atoms with Gasteiger partial charge in [-0.15, -0.1) is 0 Å². The molecule has 0 amide bonds. The zero-order valence-corrected chi connectivity index (χ0v) is 9.26. The highest BCUT2D eigenvalue weighted by atomic mass is 127. The summed E-state index contributed by atoms with van der Waals surface area (Å²) in [5.41, 5.74) is 0. The van der Waals surface area contributed by atoms with Gasteiger partial charge in [0.2, 0.25) is 0 Å². The normalized spacial score (nSPS) is 12.6. The predicted molar refractivity (Wildman–Crippen MR) is 54.0 cm³/mol. The van der Waals surface area contributed by atoms with E-state index in [0.717, 1.165) is 19.3 Å². The Morgan fingerprint density at radius 2 is 2.18 bits per heavy atom. The minimum absolute atomic E-state index is 0.0192. The Kier molecular flexibility index (Phi) is 7.01. The van der Waals surface area contributed by atoms with Gasteiger partial charge in [0.15, 0.2) is 0 Å². The number of carbonyl (C=O) groups is 1. The Morgan fingerprint density at radius 1 is 1.55 bits per heavy atom. The van der Waals surface area contributed by atoms with Gasteiger partial charge in [-0.2, -0.15) is 0 Å². The number of halogens is 1. The Labute approximate surface area is 81.8 Å². The van der Waals surface area contributed by atoms with Crippen molar-refractivity contribution in [3.05, 3.63) is 0 Å². The molecule has 0 aromatic heterocycles. The molecule has 0 N–H and O–H groups in total. The maximum atomic E-state index is 10.9. The molecule has 0 aliphatic heterocycles. The fourth-order valence-corrected chi connectivity index (χ4v) is 0.819. The molecule has 0 aromatic carbocycles. The van der Waals surface area contributed by atoms with Crippen LogP contribution in [0.4, 0.5) is 0 Å². The first-order valence-corrected chi connectivity index (χ1v) is 5.23. The second-order valence-electron chi connectivity index (χ2n) is 2.49. The quantitative estimate of drug-likeness (QED) is 0.332. The summed E-state index contributed by atoms with van der Waals surface area (Å²) in [4.78, 5) is 10.9. The monoisotopic (exact) mass is 270 g/mol. The topological polar surface area (TPSA) is 26.3 Å². The maximum absolute atomic E-state index is 10.9. The number of carbonyl (C=O) groups excluding carboxylic acids is 1. The Balaban J connectivity index is 3.18. The van der Waals surface area contributed by atoms with E-state index in [0.29, 0.717) is 6.61 Å². The smallest absolute Gasteiger partial charge is 0.318 e. The average Bonchev–Trinajstić information content (AvgIpc) is 1.97. The molecule has 0 aromatic rings. The van der Waals surface area contributed by atoms with Gasteiger partial charge in [-0.25, -0.2) is 0 Å². The number of unbranched alkanes of at least 4 members (excludes halogenated alkanes) is 2. The molecule has 66 valence electrons. The number of hydrogen-bond donors (Lipinski definition) is 0. The van der Waals surface area contributed by atoms with Gasteiger partial charge in [-0.3, -0.25) is 4.79 Å². The van der Waals surface area contributed by atoms with Crippen molar-refractivity contribution in [2.75, 3.05) is 6.61 Å². The van der Waals surface area contributed by atoms with E-state index in [2.05, 4.69) is 29.5 Å². The van der Waals surface area contributed by atoms with E-state index < -0.39 is 0 Å². The number of alkyl halides is 1. The molecule has 1 unspecified atom stereocenters. The van der Waals surface area contributed by atoms with Crippen LogP contribution in [-0.2, 0) is 9.53 Å². The maximum Gasteiger partial charge on any atom is 0.318 e. The third-order valence-corrected chi connectivity index (χ3v) is 1.83. The molecule has 0 heterocycles. The van der Waals surface area contributed by atoms with Crippen molar-refractivity contribution in [3.63, 3.8) is 0 Å². The van der Waals surface area contributed by atoms with Crippen molar-refractivity contribution in [1.82, 2.24) is 0 Å². The molecule has 0 saturated heterocycles. The second-order valence-corrected chi connectivity index (χ2v) is 4.36. The number of hydrogen-bond acceptors (Lipinski definition) is 2. The highest BCUT2D eigenvalue weighted by molar-refractivity contribution is 14.1. The summed E-state index contributed by atoms with van der Waals surface area (Å²) in [5.74, 6) is -0.0956. The number of esters is 1. The SMILES string of the molecule is CCCCCOC(=O)C(C)I. The van der Waals surface area contributed by atoms with Crippen molar-refractivity contribution >= 4 is 28.6 Å². The van der Waals surface area contributed by atoms with E-state index in [1.54, 1.807) is 0 Å². The summed E-state index contributed by atoms with van der Waals surface area (Å²) >= 11 is 2.05. The standard InChI is InChI=1S/C8H15IO2/c1-3-4-5-6-11-8(10)7(2)9/h7H,3-6H2,1-2H3. The second kappa shape index (κ2) is 6.88. The van der Waals surface area contributed by atoms with Crippen molar-refractivity contribution in [3.8, 4) is 0 Å². The minimum atomic E-state index is -0.0956. The van der Waals surface area contributed by atoms with Crippen LogP contribution in [0.25, 0.3) is 0 Å². The zero-order valence-electron chi connectivity index (χ0n) is 7.10. The average molecular weight is 270 g/mol. The molecule has 0 spiro atoms. The Bertz CT molecular complexity index is 113. The van der Waals surface area contributed by atoms with Crippen LogP contribution in [-0.4, -0.2) is 16.5 Å². The molecule has 0 aliphatic carbocycles. The van der Waals surface area contributed by atoms with Crippen LogP contribution >= 0.6 is 22.6 Å². The van der Waals surface area contributed by atoms with Gasteiger partial charge in [0, 0.05) is 0 Å². The fraction of sp³-hybridized carbons (Fsp3) is 0.875. The molecular weight excluding hydrogens is 255 g/mol. The lowest BCUT2D eigenvalue weighted by molar-refractivity contribution is -0.142. The lowest BCUT2D eigenvalue weighted by Gasteiger charge is -2.04. The Morgan fingerprint density at radius 3 is 2.64 bits per heavy atom. The molecule has 0 rings (SSSR count). The van der Waals surface area contributed by atoms with Crippen LogP contribution in [0.2, 0.25) is 0 Å². The highest BCUT2D eigenvalue weighted by Crippen LogP contribution is 2.02.